The van der Waals surface area contributed by atoms with Gasteiger partial charge < -0.3 is 10.4 Å². The topological polar surface area (TPSA) is 49.3 Å². The Morgan fingerprint density at radius 3 is 2.86 bits per heavy atom. The van der Waals surface area contributed by atoms with Gasteiger partial charge in [-0.1, -0.05) is 28.1 Å². The van der Waals surface area contributed by atoms with Gasteiger partial charge in [-0.05, 0) is 24.1 Å². The van der Waals surface area contributed by atoms with Gasteiger partial charge in [0.1, 0.15) is 0 Å². The van der Waals surface area contributed by atoms with Crippen molar-refractivity contribution in [2.24, 2.45) is 0 Å². The fourth-order valence-electron chi connectivity index (χ4n) is 1.06. The molecule has 0 fully saturated rings. The monoisotopic (exact) mass is 257 g/mol. The highest BCUT2D eigenvalue weighted by atomic mass is 79.9. The summed E-state index contributed by atoms with van der Waals surface area (Å²) in [6, 6.07) is 5.97. The molecule has 0 unspecified atom stereocenters. The lowest BCUT2D eigenvalue weighted by Gasteiger charge is -2.04. The molecule has 0 spiro atoms. The van der Waals surface area contributed by atoms with Crippen LogP contribution in [0.3, 0.4) is 0 Å². The van der Waals surface area contributed by atoms with E-state index in [0.29, 0.717) is 6.54 Å². The molecule has 1 aromatic carbocycles. The molecule has 0 radical (unpaired) electrons. The Labute approximate surface area is 91.3 Å². The standard InChI is InChI=1S/C10H12BrNO2/c1-7-2-3-8(4-9(7)11)5-12-6-10(13)14/h2-4,12H,5-6H2,1H3,(H,13,14). The molecular formula is C10H12BrNO2. The summed E-state index contributed by atoms with van der Waals surface area (Å²) in [6.07, 6.45) is 0. The third-order valence-electron chi connectivity index (χ3n) is 1.84. The molecule has 76 valence electrons. The zero-order valence-corrected chi connectivity index (χ0v) is 9.47. The van der Waals surface area contributed by atoms with Crippen LogP contribution >= 0.6 is 15.9 Å². The van der Waals surface area contributed by atoms with Crippen LogP contribution in [0.2, 0.25) is 0 Å². The van der Waals surface area contributed by atoms with E-state index in [4.69, 9.17) is 5.11 Å². The maximum Gasteiger partial charge on any atom is 0.317 e. The van der Waals surface area contributed by atoms with E-state index in [-0.39, 0.29) is 6.54 Å². The second-order valence-corrected chi connectivity index (χ2v) is 3.94. The molecule has 2 N–H and O–H groups in total. The molecule has 0 saturated heterocycles. The molecule has 4 heteroatoms. The Morgan fingerprint density at radius 2 is 2.29 bits per heavy atom. The minimum absolute atomic E-state index is 0.00844. The number of nitrogens with one attached hydrogen (secondary N) is 1. The first-order valence-corrected chi connectivity index (χ1v) is 5.06. The molecule has 0 aliphatic rings. The Morgan fingerprint density at radius 1 is 1.57 bits per heavy atom. The van der Waals surface area contributed by atoms with E-state index in [1.54, 1.807) is 0 Å². The Balaban J connectivity index is 2.51. The summed E-state index contributed by atoms with van der Waals surface area (Å²) in [4.78, 5) is 10.2. The van der Waals surface area contributed by atoms with Gasteiger partial charge in [-0.15, -0.1) is 0 Å². The lowest BCUT2D eigenvalue weighted by molar-refractivity contribution is -0.135. The fourth-order valence-corrected chi connectivity index (χ4v) is 1.49. The lowest BCUT2D eigenvalue weighted by atomic mass is 10.1. The van der Waals surface area contributed by atoms with Crippen LogP contribution in [0.4, 0.5) is 0 Å². The minimum Gasteiger partial charge on any atom is -0.480 e. The number of rotatable bonds is 4. The summed E-state index contributed by atoms with van der Waals surface area (Å²) in [5.41, 5.74) is 2.25. The van der Waals surface area contributed by atoms with Crippen molar-refractivity contribution in [3.63, 3.8) is 0 Å². The summed E-state index contributed by atoms with van der Waals surface area (Å²) in [5, 5.41) is 11.2. The molecule has 0 bridgehead atoms. The first-order chi connectivity index (χ1) is 6.59. The average Bonchev–Trinajstić information content (AvgIpc) is 2.10. The van der Waals surface area contributed by atoms with Crippen LogP contribution in [-0.2, 0) is 11.3 Å². The van der Waals surface area contributed by atoms with Gasteiger partial charge in [0.15, 0.2) is 0 Å². The number of hydrogen-bond acceptors (Lipinski definition) is 2. The summed E-state index contributed by atoms with van der Waals surface area (Å²) >= 11 is 3.42. The highest BCUT2D eigenvalue weighted by molar-refractivity contribution is 9.10. The van der Waals surface area contributed by atoms with Crippen LogP contribution in [0, 0.1) is 6.92 Å². The first-order valence-electron chi connectivity index (χ1n) is 4.27. The van der Waals surface area contributed by atoms with Crippen LogP contribution < -0.4 is 5.32 Å². The van der Waals surface area contributed by atoms with E-state index in [1.165, 1.54) is 5.56 Å². The van der Waals surface area contributed by atoms with Gasteiger partial charge in [-0.2, -0.15) is 0 Å². The Kier molecular flexibility index (Phi) is 4.10. The third-order valence-corrected chi connectivity index (χ3v) is 2.70. The summed E-state index contributed by atoms with van der Waals surface area (Å²) < 4.78 is 1.05. The van der Waals surface area contributed by atoms with Gasteiger partial charge in [0, 0.05) is 11.0 Å². The molecule has 0 aliphatic carbocycles. The molecular weight excluding hydrogens is 246 g/mol. The van der Waals surface area contributed by atoms with E-state index in [9.17, 15) is 4.79 Å². The Bertz CT molecular complexity index is 339. The fraction of sp³-hybridized carbons (Fsp3) is 0.300. The number of hydrogen-bond donors (Lipinski definition) is 2. The molecule has 0 aromatic heterocycles. The Hall–Kier alpha value is -0.870. The first kappa shape index (κ1) is 11.2. The van der Waals surface area contributed by atoms with E-state index in [0.717, 1.165) is 10.0 Å². The number of carbonyl (C=O) groups is 1. The maximum absolute atomic E-state index is 10.2. The van der Waals surface area contributed by atoms with Gasteiger partial charge in [0.2, 0.25) is 0 Å². The maximum atomic E-state index is 10.2. The quantitative estimate of drug-likeness (QED) is 0.867. The van der Waals surface area contributed by atoms with E-state index in [1.807, 2.05) is 25.1 Å². The van der Waals surface area contributed by atoms with Crippen molar-refractivity contribution in [1.29, 1.82) is 0 Å². The van der Waals surface area contributed by atoms with Crippen molar-refractivity contribution < 1.29 is 9.90 Å². The third kappa shape index (κ3) is 3.47. The highest BCUT2D eigenvalue weighted by Gasteiger charge is 1.99. The largest absolute Gasteiger partial charge is 0.480 e. The second-order valence-electron chi connectivity index (χ2n) is 3.08. The number of aryl methyl sites for hydroxylation is 1. The van der Waals surface area contributed by atoms with Crippen LogP contribution in [0.5, 0.6) is 0 Å². The van der Waals surface area contributed by atoms with Gasteiger partial charge in [-0.25, -0.2) is 0 Å². The van der Waals surface area contributed by atoms with Crippen molar-refractivity contribution in [3.8, 4) is 0 Å². The lowest BCUT2D eigenvalue weighted by Crippen LogP contribution is -2.21. The average molecular weight is 258 g/mol. The molecule has 0 saturated carbocycles. The molecule has 14 heavy (non-hydrogen) atoms. The van der Waals surface area contributed by atoms with Crippen molar-refractivity contribution in [3.05, 3.63) is 33.8 Å². The van der Waals surface area contributed by atoms with E-state index >= 15 is 0 Å². The van der Waals surface area contributed by atoms with Crippen LogP contribution in [0.15, 0.2) is 22.7 Å². The number of halogens is 1. The van der Waals surface area contributed by atoms with Crippen molar-refractivity contribution in [2.45, 2.75) is 13.5 Å². The number of benzene rings is 1. The molecule has 0 amide bonds. The van der Waals surface area contributed by atoms with Gasteiger partial charge in [-0.3, -0.25) is 4.79 Å². The van der Waals surface area contributed by atoms with E-state index < -0.39 is 5.97 Å². The van der Waals surface area contributed by atoms with E-state index in [2.05, 4.69) is 21.2 Å². The zero-order valence-electron chi connectivity index (χ0n) is 7.88. The highest BCUT2D eigenvalue weighted by Crippen LogP contribution is 2.17. The molecule has 1 aromatic rings. The summed E-state index contributed by atoms with van der Waals surface area (Å²) in [5.74, 6) is -0.837. The minimum atomic E-state index is -0.837. The smallest absolute Gasteiger partial charge is 0.317 e. The second kappa shape index (κ2) is 5.12. The normalized spacial score (nSPS) is 10.1. The summed E-state index contributed by atoms with van der Waals surface area (Å²) in [7, 11) is 0. The van der Waals surface area contributed by atoms with Gasteiger partial charge >= 0.3 is 5.97 Å². The van der Waals surface area contributed by atoms with Gasteiger partial charge in [0.25, 0.3) is 0 Å². The van der Waals surface area contributed by atoms with Gasteiger partial charge in [0.05, 0.1) is 6.54 Å². The van der Waals surface area contributed by atoms with Crippen molar-refractivity contribution in [2.75, 3.05) is 6.54 Å². The van der Waals surface area contributed by atoms with Crippen LogP contribution in [-0.4, -0.2) is 17.6 Å². The predicted molar refractivity (Wildman–Crippen MR) is 58.2 cm³/mol. The van der Waals surface area contributed by atoms with Crippen LogP contribution in [0.25, 0.3) is 0 Å². The van der Waals surface area contributed by atoms with Crippen molar-refractivity contribution >= 4 is 21.9 Å². The molecule has 1 rings (SSSR count). The number of carboxylic acid groups (broad SMARTS) is 1. The number of carboxylic acids is 1. The van der Waals surface area contributed by atoms with Crippen LogP contribution in [0.1, 0.15) is 11.1 Å². The predicted octanol–water partition coefficient (Wildman–Crippen LogP) is 1.93. The SMILES string of the molecule is Cc1ccc(CNCC(=O)O)cc1Br. The molecule has 0 atom stereocenters. The molecule has 0 heterocycles. The molecule has 0 aliphatic heterocycles. The molecule has 3 nitrogen and oxygen atoms in total. The number of aliphatic carboxylic acids is 1. The zero-order chi connectivity index (χ0) is 10.6. The summed E-state index contributed by atoms with van der Waals surface area (Å²) in [6.45, 7) is 2.58. The van der Waals surface area contributed by atoms with Crippen molar-refractivity contribution in [1.82, 2.24) is 5.32 Å².